The van der Waals surface area contributed by atoms with Crippen LogP contribution in [0.3, 0.4) is 0 Å². The van der Waals surface area contributed by atoms with Crippen molar-refractivity contribution in [3.8, 4) is 0 Å². The zero-order valence-electron chi connectivity index (χ0n) is 20.3. The molecule has 0 aliphatic carbocycles. The smallest absolute Gasteiger partial charge is 0.234 e. The maximum Gasteiger partial charge on any atom is 0.234 e. The normalized spacial score (nSPS) is 19.0. The average Bonchev–Trinajstić information content (AvgIpc) is 3.22. The standard InChI is InChI=1S/C24H38N6OS/c1-17-18(2)32-23-21(17)22(25-19(26-23)15-28-9-6-7-10-28)30-12-8-11-29(13-14-30)16-20(31)27-24(3,4)5/h6-16H2,1-5H3,(H,27,31). The molecule has 2 aromatic rings. The predicted molar refractivity (Wildman–Crippen MR) is 133 cm³/mol. The summed E-state index contributed by atoms with van der Waals surface area (Å²) in [7, 11) is 0. The van der Waals surface area contributed by atoms with E-state index in [-0.39, 0.29) is 11.4 Å². The van der Waals surface area contributed by atoms with Crippen molar-refractivity contribution in [1.29, 1.82) is 0 Å². The summed E-state index contributed by atoms with van der Waals surface area (Å²) < 4.78 is 0. The molecule has 0 radical (unpaired) electrons. The number of thiophene rings is 1. The van der Waals surface area contributed by atoms with Crippen LogP contribution in [0.4, 0.5) is 5.82 Å². The van der Waals surface area contributed by atoms with Crippen molar-refractivity contribution < 1.29 is 4.79 Å². The molecule has 8 heteroatoms. The highest BCUT2D eigenvalue weighted by Gasteiger charge is 2.24. The molecule has 2 saturated heterocycles. The van der Waals surface area contributed by atoms with Gasteiger partial charge in [0.05, 0.1) is 18.5 Å². The lowest BCUT2D eigenvalue weighted by atomic mass is 10.1. The Balaban J connectivity index is 1.53. The topological polar surface area (TPSA) is 64.6 Å². The largest absolute Gasteiger partial charge is 0.355 e. The highest BCUT2D eigenvalue weighted by atomic mass is 32.1. The number of likely N-dealkylation sites (tertiary alicyclic amines) is 1. The van der Waals surface area contributed by atoms with Crippen LogP contribution in [0.25, 0.3) is 10.2 Å². The second-order valence-corrected chi connectivity index (χ2v) is 11.5. The van der Waals surface area contributed by atoms with E-state index >= 15 is 0 Å². The highest BCUT2D eigenvalue weighted by Crippen LogP contribution is 2.35. The fourth-order valence-electron chi connectivity index (χ4n) is 4.71. The Morgan fingerprint density at radius 2 is 1.69 bits per heavy atom. The van der Waals surface area contributed by atoms with Crippen LogP contribution in [-0.4, -0.2) is 77.0 Å². The van der Waals surface area contributed by atoms with Gasteiger partial charge in [-0.05, 0) is 72.5 Å². The summed E-state index contributed by atoms with van der Waals surface area (Å²) in [6, 6.07) is 0. The van der Waals surface area contributed by atoms with Crippen molar-refractivity contribution in [2.45, 2.75) is 66.0 Å². The summed E-state index contributed by atoms with van der Waals surface area (Å²) in [5.74, 6) is 2.14. The number of rotatable bonds is 5. The molecule has 2 fully saturated rings. The van der Waals surface area contributed by atoms with Crippen molar-refractivity contribution in [3.63, 3.8) is 0 Å². The lowest BCUT2D eigenvalue weighted by molar-refractivity contribution is -0.123. The summed E-state index contributed by atoms with van der Waals surface area (Å²) in [4.78, 5) is 32.1. The molecule has 4 heterocycles. The average molecular weight is 459 g/mol. The van der Waals surface area contributed by atoms with Crippen LogP contribution in [-0.2, 0) is 11.3 Å². The van der Waals surface area contributed by atoms with E-state index in [1.54, 1.807) is 11.3 Å². The lowest BCUT2D eigenvalue weighted by Gasteiger charge is -2.26. The number of aromatic nitrogens is 2. The summed E-state index contributed by atoms with van der Waals surface area (Å²) in [5, 5.41) is 4.31. The molecule has 2 aromatic heterocycles. The molecule has 0 spiro atoms. The highest BCUT2D eigenvalue weighted by molar-refractivity contribution is 7.18. The van der Waals surface area contributed by atoms with Gasteiger partial charge >= 0.3 is 0 Å². The quantitative estimate of drug-likeness (QED) is 0.742. The van der Waals surface area contributed by atoms with Crippen LogP contribution >= 0.6 is 11.3 Å². The van der Waals surface area contributed by atoms with Crippen LogP contribution in [0.15, 0.2) is 0 Å². The number of anilines is 1. The van der Waals surface area contributed by atoms with E-state index < -0.39 is 0 Å². The van der Waals surface area contributed by atoms with E-state index in [9.17, 15) is 4.79 Å². The Kier molecular flexibility index (Phi) is 7.03. The maximum absolute atomic E-state index is 12.4. The van der Waals surface area contributed by atoms with E-state index in [1.807, 2.05) is 20.8 Å². The first-order valence-electron chi connectivity index (χ1n) is 12.0. The van der Waals surface area contributed by atoms with Gasteiger partial charge in [0.15, 0.2) is 0 Å². The van der Waals surface area contributed by atoms with E-state index in [0.29, 0.717) is 6.54 Å². The van der Waals surface area contributed by atoms with Gasteiger partial charge in [0.1, 0.15) is 16.5 Å². The lowest BCUT2D eigenvalue weighted by Crippen LogP contribution is -2.46. The van der Waals surface area contributed by atoms with Gasteiger partial charge in [-0.1, -0.05) is 0 Å². The summed E-state index contributed by atoms with van der Waals surface area (Å²) in [6.07, 6.45) is 3.58. The fourth-order valence-corrected chi connectivity index (χ4v) is 5.76. The molecule has 0 saturated carbocycles. The van der Waals surface area contributed by atoms with E-state index in [2.05, 4.69) is 33.9 Å². The third-order valence-corrected chi connectivity index (χ3v) is 7.49. The SMILES string of the molecule is Cc1sc2nc(CN3CCCC3)nc(N3CCCN(CC(=O)NC(C)(C)C)CC3)c2c1C. The molecule has 2 aliphatic heterocycles. The maximum atomic E-state index is 12.4. The number of amides is 1. The van der Waals surface area contributed by atoms with Crippen LogP contribution in [0.2, 0.25) is 0 Å². The van der Waals surface area contributed by atoms with Crippen molar-refractivity contribution in [2.24, 2.45) is 0 Å². The fraction of sp³-hybridized carbons (Fsp3) is 0.708. The van der Waals surface area contributed by atoms with Gasteiger partial charge in [-0.25, -0.2) is 9.97 Å². The van der Waals surface area contributed by atoms with Crippen molar-refractivity contribution in [2.75, 3.05) is 50.7 Å². The first-order valence-corrected chi connectivity index (χ1v) is 12.8. The molecule has 1 amide bonds. The van der Waals surface area contributed by atoms with Gasteiger partial charge < -0.3 is 10.2 Å². The second kappa shape index (κ2) is 9.61. The number of fused-ring (bicyclic) bond motifs is 1. The van der Waals surface area contributed by atoms with Crippen molar-refractivity contribution in [3.05, 3.63) is 16.3 Å². The minimum Gasteiger partial charge on any atom is -0.355 e. The molecule has 1 N–H and O–H groups in total. The Bertz CT molecular complexity index is 960. The number of hydrogen-bond acceptors (Lipinski definition) is 7. The molecule has 176 valence electrons. The van der Waals surface area contributed by atoms with Crippen LogP contribution in [0.5, 0.6) is 0 Å². The molecule has 0 aromatic carbocycles. The Labute approximate surface area is 196 Å². The number of nitrogens with one attached hydrogen (secondary N) is 1. The molecule has 0 atom stereocenters. The van der Waals surface area contributed by atoms with Crippen molar-refractivity contribution >= 4 is 33.3 Å². The van der Waals surface area contributed by atoms with E-state index in [0.717, 1.165) is 68.7 Å². The van der Waals surface area contributed by atoms with Gasteiger partial charge in [0, 0.05) is 36.6 Å². The van der Waals surface area contributed by atoms with Crippen LogP contribution < -0.4 is 10.2 Å². The van der Waals surface area contributed by atoms with Gasteiger partial charge in [-0.2, -0.15) is 0 Å². The van der Waals surface area contributed by atoms with Crippen LogP contribution in [0.1, 0.15) is 56.3 Å². The third-order valence-electron chi connectivity index (χ3n) is 6.39. The van der Waals surface area contributed by atoms with E-state index in [1.165, 1.54) is 28.7 Å². The van der Waals surface area contributed by atoms with Crippen molar-refractivity contribution in [1.82, 2.24) is 25.1 Å². The minimum absolute atomic E-state index is 0.104. The molecular formula is C24H38N6OS. The van der Waals surface area contributed by atoms with Gasteiger partial charge in [0.25, 0.3) is 0 Å². The number of nitrogens with zero attached hydrogens (tertiary/aromatic N) is 5. The molecule has 0 bridgehead atoms. The zero-order valence-corrected chi connectivity index (χ0v) is 21.1. The Morgan fingerprint density at radius 3 is 2.41 bits per heavy atom. The summed E-state index contributed by atoms with van der Waals surface area (Å²) in [5.41, 5.74) is 1.11. The molecule has 7 nitrogen and oxygen atoms in total. The van der Waals surface area contributed by atoms with Gasteiger partial charge in [-0.3, -0.25) is 14.6 Å². The van der Waals surface area contributed by atoms with Gasteiger partial charge in [0.2, 0.25) is 5.91 Å². The summed E-state index contributed by atoms with van der Waals surface area (Å²) >= 11 is 1.79. The number of carbonyl (C=O) groups excluding carboxylic acids is 1. The molecule has 0 unspecified atom stereocenters. The van der Waals surface area contributed by atoms with Crippen LogP contribution in [0, 0.1) is 13.8 Å². The summed E-state index contributed by atoms with van der Waals surface area (Å²) in [6.45, 7) is 17.7. The number of hydrogen-bond donors (Lipinski definition) is 1. The first-order chi connectivity index (χ1) is 15.2. The Hall–Kier alpha value is -1.77. The Morgan fingerprint density at radius 1 is 0.969 bits per heavy atom. The molecule has 4 rings (SSSR count). The first kappa shape index (κ1) is 23.4. The predicted octanol–water partition coefficient (Wildman–Crippen LogP) is 3.33. The second-order valence-electron chi connectivity index (χ2n) is 10.3. The molecular weight excluding hydrogens is 420 g/mol. The number of carbonyl (C=O) groups is 1. The number of aryl methyl sites for hydroxylation is 2. The minimum atomic E-state index is -0.193. The van der Waals surface area contributed by atoms with Gasteiger partial charge in [-0.15, -0.1) is 11.3 Å². The molecule has 32 heavy (non-hydrogen) atoms. The third kappa shape index (κ3) is 5.58. The molecule has 2 aliphatic rings. The van der Waals surface area contributed by atoms with E-state index in [4.69, 9.17) is 9.97 Å². The monoisotopic (exact) mass is 458 g/mol. The zero-order chi connectivity index (χ0) is 22.9.